The van der Waals surface area contributed by atoms with Gasteiger partial charge in [0.2, 0.25) is 0 Å². The Morgan fingerprint density at radius 1 is 1.04 bits per heavy atom. The third kappa shape index (κ3) is 3.75. The highest BCUT2D eigenvalue weighted by Crippen LogP contribution is 2.31. The van der Waals surface area contributed by atoms with Crippen LogP contribution in [0, 0.1) is 0 Å². The summed E-state index contributed by atoms with van der Waals surface area (Å²) in [6, 6.07) is 8.17. The fourth-order valence-electron chi connectivity index (χ4n) is 2.78. The molecule has 0 aliphatic carbocycles. The van der Waals surface area contributed by atoms with Crippen LogP contribution in [0.2, 0.25) is 0 Å². The minimum absolute atomic E-state index is 0.324. The van der Waals surface area contributed by atoms with E-state index in [9.17, 15) is 4.79 Å². The van der Waals surface area contributed by atoms with Gasteiger partial charge in [-0.15, -0.1) is 0 Å². The highest BCUT2D eigenvalue weighted by atomic mass is 16.5. The van der Waals surface area contributed by atoms with Crippen LogP contribution in [0.25, 0.3) is 11.3 Å². The Kier molecular flexibility index (Phi) is 6.36. The van der Waals surface area contributed by atoms with Gasteiger partial charge in [-0.2, -0.15) is 0 Å². The molecule has 0 N–H and O–H groups in total. The van der Waals surface area contributed by atoms with Gasteiger partial charge in [0.1, 0.15) is 11.3 Å². The zero-order chi connectivity index (χ0) is 17.5. The molecular formula is C20H25NO3. The Hall–Kier alpha value is -2.36. The topological polar surface area (TPSA) is 48.4 Å². The summed E-state index contributed by atoms with van der Waals surface area (Å²) in [6.45, 7) is 8.75. The number of carbonyl (C=O) groups is 1. The van der Waals surface area contributed by atoms with Gasteiger partial charge in [0.05, 0.1) is 18.9 Å². The normalized spacial score (nSPS) is 10.5. The Labute approximate surface area is 143 Å². The minimum atomic E-state index is -0.403. The summed E-state index contributed by atoms with van der Waals surface area (Å²) in [5.74, 6) is 0.119. The fourth-order valence-corrected chi connectivity index (χ4v) is 2.78. The summed E-state index contributed by atoms with van der Waals surface area (Å²) in [7, 11) is 0. The molecule has 0 saturated carbocycles. The Morgan fingerprint density at radius 2 is 1.71 bits per heavy atom. The van der Waals surface area contributed by atoms with Gasteiger partial charge in [-0.25, -0.2) is 4.79 Å². The summed E-state index contributed by atoms with van der Waals surface area (Å²) in [6.07, 6.45) is 3.41. The Morgan fingerprint density at radius 3 is 2.25 bits per heavy atom. The summed E-state index contributed by atoms with van der Waals surface area (Å²) >= 11 is 0. The maximum atomic E-state index is 12.1. The molecule has 0 amide bonds. The lowest BCUT2D eigenvalue weighted by Gasteiger charge is -2.15. The van der Waals surface area contributed by atoms with Crippen LogP contribution in [-0.4, -0.2) is 24.2 Å². The van der Waals surface area contributed by atoms with Crippen molar-refractivity contribution >= 4 is 5.97 Å². The molecule has 0 fully saturated rings. The molecule has 1 aromatic carbocycles. The van der Waals surface area contributed by atoms with E-state index in [1.54, 1.807) is 13.1 Å². The second-order valence-electron chi connectivity index (χ2n) is 5.38. The third-order valence-electron chi connectivity index (χ3n) is 3.92. The molecule has 0 bridgehead atoms. The molecule has 128 valence electrons. The van der Waals surface area contributed by atoms with E-state index in [1.807, 2.05) is 13.0 Å². The first-order chi connectivity index (χ1) is 11.7. The second-order valence-corrected chi connectivity index (χ2v) is 5.38. The van der Waals surface area contributed by atoms with Crippen LogP contribution in [0.3, 0.4) is 0 Å². The van der Waals surface area contributed by atoms with Gasteiger partial charge in [0.25, 0.3) is 0 Å². The van der Waals surface area contributed by atoms with E-state index in [-0.39, 0.29) is 0 Å². The summed E-state index contributed by atoms with van der Waals surface area (Å²) in [4.78, 5) is 16.6. The molecule has 4 nitrogen and oxygen atoms in total. The molecular weight excluding hydrogens is 302 g/mol. The van der Waals surface area contributed by atoms with E-state index < -0.39 is 5.97 Å². The van der Waals surface area contributed by atoms with Gasteiger partial charge in [-0.1, -0.05) is 32.0 Å². The molecule has 24 heavy (non-hydrogen) atoms. The molecule has 2 aromatic rings. The third-order valence-corrected chi connectivity index (χ3v) is 3.92. The summed E-state index contributed by atoms with van der Waals surface area (Å²) < 4.78 is 10.8. The smallest absolute Gasteiger partial charge is 0.343 e. The van der Waals surface area contributed by atoms with Crippen molar-refractivity contribution in [2.45, 2.75) is 40.5 Å². The summed E-state index contributed by atoms with van der Waals surface area (Å²) in [5, 5.41) is 0. The van der Waals surface area contributed by atoms with Crippen molar-refractivity contribution in [2.75, 3.05) is 13.2 Å². The largest absolute Gasteiger partial charge is 0.493 e. The number of aryl methyl sites for hydroxylation is 2. The first kappa shape index (κ1) is 18.0. The first-order valence-corrected chi connectivity index (χ1v) is 8.57. The molecule has 1 heterocycles. The lowest BCUT2D eigenvalue weighted by atomic mass is 9.94. The van der Waals surface area contributed by atoms with Crippen molar-refractivity contribution in [3.63, 3.8) is 0 Å². The average molecular weight is 327 g/mol. The number of benzene rings is 1. The van der Waals surface area contributed by atoms with Crippen LogP contribution in [0.15, 0.2) is 30.5 Å². The molecule has 4 heteroatoms. The van der Waals surface area contributed by atoms with Crippen molar-refractivity contribution in [3.05, 3.63) is 47.2 Å². The van der Waals surface area contributed by atoms with E-state index in [4.69, 9.17) is 9.47 Å². The molecule has 2 rings (SSSR count). The van der Waals surface area contributed by atoms with E-state index in [2.05, 4.69) is 37.0 Å². The number of aromatic nitrogens is 1. The van der Waals surface area contributed by atoms with E-state index in [0.717, 1.165) is 24.1 Å². The number of esters is 1. The highest BCUT2D eigenvalue weighted by molar-refractivity contribution is 5.93. The van der Waals surface area contributed by atoms with E-state index >= 15 is 0 Å². The number of nitrogens with zero attached hydrogens (tertiary/aromatic N) is 1. The summed E-state index contributed by atoms with van der Waals surface area (Å²) in [5.41, 5.74) is 4.83. The van der Waals surface area contributed by atoms with E-state index in [1.165, 1.54) is 11.1 Å². The van der Waals surface area contributed by atoms with Crippen LogP contribution in [0.4, 0.5) is 0 Å². The molecule has 0 unspecified atom stereocenters. The second kappa shape index (κ2) is 8.48. The number of pyridine rings is 1. The molecule has 0 saturated heterocycles. The van der Waals surface area contributed by atoms with Crippen LogP contribution >= 0.6 is 0 Å². The minimum Gasteiger partial charge on any atom is -0.493 e. The first-order valence-electron chi connectivity index (χ1n) is 8.57. The number of hydrogen-bond donors (Lipinski definition) is 0. The number of rotatable bonds is 7. The van der Waals surface area contributed by atoms with Crippen molar-refractivity contribution in [3.8, 4) is 17.0 Å². The number of carbonyl (C=O) groups excluding carboxylic acids is 1. The van der Waals surface area contributed by atoms with Gasteiger partial charge in [-0.05, 0) is 37.8 Å². The van der Waals surface area contributed by atoms with Crippen LogP contribution < -0.4 is 4.74 Å². The lowest BCUT2D eigenvalue weighted by molar-refractivity contribution is 0.0521. The molecule has 0 aliphatic heterocycles. The molecule has 1 aromatic heterocycles. The van der Waals surface area contributed by atoms with Crippen molar-refractivity contribution < 1.29 is 14.3 Å². The van der Waals surface area contributed by atoms with Crippen LogP contribution in [0.1, 0.15) is 49.2 Å². The molecule has 0 atom stereocenters. The van der Waals surface area contributed by atoms with Crippen molar-refractivity contribution in [1.29, 1.82) is 0 Å². The van der Waals surface area contributed by atoms with Gasteiger partial charge in [0.15, 0.2) is 0 Å². The van der Waals surface area contributed by atoms with Gasteiger partial charge in [-0.3, -0.25) is 4.98 Å². The molecule has 0 spiro atoms. The quantitative estimate of drug-likeness (QED) is 0.705. The highest BCUT2D eigenvalue weighted by Gasteiger charge is 2.18. The molecule has 0 radical (unpaired) electrons. The lowest BCUT2D eigenvalue weighted by Crippen LogP contribution is -2.09. The van der Waals surface area contributed by atoms with Crippen LogP contribution in [-0.2, 0) is 17.6 Å². The maximum Gasteiger partial charge on any atom is 0.343 e. The number of hydrogen-bond acceptors (Lipinski definition) is 4. The van der Waals surface area contributed by atoms with Crippen LogP contribution in [0.5, 0.6) is 5.75 Å². The standard InChI is InChI=1S/C20H25NO3/c1-5-14-10-9-11-15(6-2)19(14)17-12-18(23-7-3)16(13-21-17)20(22)24-8-4/h9-13H,5-8H2,1-4H3. The van der Waals surface area contributed by atoms with Gasteiger partial charge in [0, 0.05) is 17.8 Å². The van der Waals surface area contributed by atoms with E-state index in [0.29, 0.717) is 24.5 Å². The van der Waals surface area contributed by atoms with Gasteiger partial charge >= 0.3 is 5.97 Å². The zero-order valence-corrected chi connectivity index (χ0v) is 14.9. The Bertz CT molecular complexity index is 688. The Balaban J connectivity index is 2.57. The average Bonchev–Trinajstić information content (AvgIpc) is 2.61. The monoisotopic (exact) mass is 327 g/mol. The number of ether oxygens (including phenoxy) is 2. The maximum absolute atomic E-state index is 12.1. The molecule has 0 aliphatic rings. The predicted octanol–water partition coefficient (Wildman–Crippen LogP) is 4.45. The fraction of sp³-hybridized carbons (Fsp3) is 0.400. The van der Waals surface area contributed by atoms with Crippen molar-refractivity contribution in [2.24, 2.45) is 0 Å². The predicted molar refractivity (Wildman–Crippen MR) is 95.6 cm³/mol. The van der Waals surface area contributed by atoms with Gasteiger partial charge < -0.3 is 9.47 Å². The zero-order valence-electron chi connectivity index (χ0n) is 14.9. The van der Waals surface area contributed by atoms with Crippen molar-refractivity contribution in [1.82, 2.24) is 4.98 Å². The SMILES string of the molecule is CCOC(=O)c1cnc(-c2c(CC)cccc2CC)cc1OCC.